The van der Waals surface area contributed by atoms with Crippen molar-refractivity contribution in [2.75, 3.05) is 0 Å². The molecular weight excluding hydrogens is 296 g/mol. The van der Waals surface area contributed by atoms with Crippen molar-refractivity contribution in [3.63, 3.8) is 0 Å². The number of halogens is 1. The molecule has 1 aromatic heterocycles. The summed E-state index contributed by atoms with van der Waals surface area (Å²) < 4.78 is 7.85. The van der Waals surface area contributed by atoms with Gasteiger partial charge in [-0.05, 0) is 27.6 Å². The minimum atomic E-state index is -0.0791. The zero-order chi connectivity index (χ0) is 12.5. The minimum absolute atomic E-state index is 0.00352. The van der Waals surface area contributed by atoms with Crippen LogP contribution in [0.5, 0.6) is 5.75 Å². The average molecular weight is 307 g/mol. The van der Waals surface area contributed by atoms with E-state index in [0.29, 0.717) is 11.0 Å². The summed E-state index contributed by atoms with van der Waals surface area (Å²) in [6.45, 7) is 0.514. The van der Waals surface area contributed by atoms with Crippen LogP contribution in [-0.4, -0.2) is 15.7 Å². The van der Waals surface area contributed by atoms with Crippen molar-refractivity contribution in [3.05, 3.63) is 57.2 Å². The minimum Gasteiger partial charge on any atom is -0.488 e. The lowest BCUT2D eigenvalue weighted by atomic mass is 10.1. The summed E-state index contributed by atoms with van der Waals surface area (Å²) in [6.07, 6.45) is 3.87. The maximum atomic E-state index is 11.8. The highest BCUT2D eigenvalue weighted by Crippen LogP contribution is 2.28. The lowest BCUT2D eigenvalue weighted by Crippen LogP contribution is -2.29. The van der Waals surface area contributed by atoms with Crippen molar-refractivity contribution in [3.8, 4) is 5.75 Å². The third-order valence-corrected chi connectivity index (χ3v) is 3.52. The van der Waals surface area contributed by atoms with Crippen molar-refractivity contribution >= 4 is 15.9 Å². The quantitative estimate of drug-likeness (QED) is 0.852. The number of hydrogen-bond donors (Lipinski definition) is 0. The Hall–Kier alpha value is -1.62. The Kier molecular flexibility index (Phi) is 2.91. The summed E-state index contributed by atoms with van der Waals surface area (Å²) in [5, 5.41) is 0. The molecule has 0 spiro atoms. The Morgan fingerprint density at radius 2 is 2.28 bits per heavy atom. The van der Waals surface area contributed by atoms with Gasteiger partial charge < -0.3 is 4.74 Å². The van der Waals surface area contributed by atoms with Gasteiger partial charge in [-0.1, -0.05) is 18.2 Å². The van der Waals surface area contributed by atoms with E-state index >= 15 is 0 Å². The molecule has 92 valence electrons. The molecule has 4 nitrogen and oxygen atoms in total. The molecule has 5 heteroatoms. The number of ether oxygens (including phenoxy) is 1. The Morgan fingerprint density at radius 1 is 1.44 bits per heavy atom. The van der Waals surface area contributed by atoms with Crippen LogP contribution in [0.2, 0.25) is 0 Å². The van der Waals surface area contributed by atoms with Crippen molar-refractivity contribution in [1.82, 2.24) is 9.55 Å². The van der Waals surface area contributed by atoms with Crippen LogP contribution in [0, 0.1) is 0 Å². The monoisotopic (exact) mass is 306 g/mol. The first-order valence-corrected chi connectivity index (χ1v) is 6.48. The van der Waals surface area contributed by atoms with Gasteiger partial charge in [-0.2, -0.15) is 0 Å². The first-order chi connectivity index (χ1) is 8.74. The molecule has 0 bridgehead atoms. The van der Waals surface area contributed by atoms with Crippen LogP contribution in [0.3, 0.4) is 0 Å². The molecule has 0 radical (unpaired) electrons. The molecule has 0 saturated carbocycles. The summed E-state index contributed by atoms with van der Waals surface area (Å²) in [7, 11) is 0. The summed E-state index contributed by atoms with van der Waals surface area (Å²) in [4.78, 5) is 15.8. The van der Waals surface area contributed by atoms with E-state index < -0.39 is 0 Å². The second-order valence-electron chi connectivity index (χ2n) is 4.25. The van der Waals surface area contributed by atoms with E-state index in [9.17, 15) is 4.79 Å². The van der Waals surface area contributed by atoms with Gasteiger partial charge in [0.1, 0.15) is 16.3 Å². The molecule has 1 aliphatic heterocycles. The predicted octanol–water partition coefficient (Wildman–Crippen LogP) is 2.01. The zero-order valence-corrected chi connectivity index (χ0v) is 11.1. The first kappa shape index (κ1) is 11.5. The Balaban J connectivity index is 1.80. The molecule has 2 heterocycles. The van der Waals surface area contributed by atoms with Crippen LogP contribution in [0.4, 0.5) is 0 Å². The van der Waals surface area contributed by atoms with Crippen LogP contribution in [-0.2, 0) is 13.0 Å². The fraction of sp³-hybridized carbons (Fsp3) is 0.231. The molecule has 3 rings (SSSR count). The lowest BCUT2D eigenvalue weighted by molar-refractivity contribution is 0.207. The van der Waals surface area contributed by atoms with Gasteiger partial charge in [-0.15, -0.1) is 0 Å². The number of rotatable bonds is 2. The molecule has 1 unspecified atom stereocenters. The van der Waals surface area contributed by atoms with Crippen LogP contribution < -0.4 is 10.3 Å². The molecule has 0 aliphatic carbocycles. The van der Waals surface area contributed by atoms with E-state index in [1.807, 2.05) is 18.2 Å². The molecule has 18 heavy (non-hydrogen) atoms. The Morgan fingerprint density at radius 3 is 3.11 bits per heavy atom. The van der Waals surface area contributed by atoms with Crippen molar-refractivity contribution in [1.29, 1.82) is 0 Å². The van der Waals surface area contributed by atoms with Gasteiger partial charge in [0.15, 0.2) is 0 Å². The van der Waals surface area contributed by atoms with Crippen LogP contribution in [0.1, 0.15) is 5.56 Å². The van der Waals surface area contributed by atoms with Crippen molar-refractivity contribution in [2.24, 2.45) is 0 Å². The summed E-state index contributed by atoms with van der Waals surface area (Å²) in [5.41, 5.74) is 1.11. The molecule has 1 aromatic carbocycles. The summed E-state index contributed by atoms with van der Waals surface area (Å²) in [6, 6.07) is 7.96. The standard InChI is InChI=1S/C13H11BrN2O2/c14-11-6-15-8-16(13(11)17)7-10-5-9-3-1-2-4-12(9)18-10/h1-4,6,8,10H,5,7H2. The Bertz CT molecular complexity index is 614. The number of aromatic nitrogens is 2. The van der Waals surface area contributed by atoms with E-state index in [4.69, 9.17) is 4.74 Å². The third-order valence-electron chi connectivity index (χ3n) is 2.97. The molecule has 1 aliphatic rings. The van der Waals surface area contributed by atoms with E-state index in [2.05, 4.69) is 27.0 Å². The third kappa shape index (κ3) is 2.06. The highest BCUT2D eigenvalue weighted by molar-refractivity contribution is 9.10. The van der Waals surface area contributed by atoms with E-state index in [1.54, 1.807) is 10.9 Å². The van der Waals surface area contributed by atoms with Crippen LogP contribution in [0.15, 0.2) is 46.1 Å². The van der Waals surface area contributed by atoms with E-state index in [0.717, 1.165) is 12.2 Å². The van der Waals surface area contributed by atoms with Crippen molar-refractivity contribution in [2.45, 2.75) is 19.1 Å². The lowest BCUT2D eigenvalue weighted by Gasteiger charge is -2.12. The Labute approximate surface area is 112 Å². The maximum absolute atomic E-state index is 11.8. The molecule has 2 aromatic rings. The number of para-hydroxylation sites is 1. The van der Waals surface area contributed by atoms with Gasteiger partial charge in [-0.3, -0.25) is 9.36 Å². The molecule has 0 N–H and O–H groups in total. The summed E-state index contributed by atoms with van der Waals surface area (Å²) >= 11 is 3.19. The van der Waals surface area contributed by atoms with Gasteiger partial charge in [0.05, 0.1) is 12.9 Å². The smallest absolute Gasteiger partial charge is 0.267 e. The largest absolute Gasteiger partial charge is 0.488 e. The molecular formula is C13H11BrN2O2. The average Bonchev–Trinajstić information content (AvgIpc) is 2.77. The van der Waals surface area contributed by atoms with Gasteiger partial charge in [-0.25, -0.2) is 4.98 Å². The van der Waals surface area contributed by atoms with Gasteiger partial charge >= 0.3 is 0 Å². The van der Waals surface area contributed by atoms with Crippen LogP contribution >= 0.6 is 15.9 Å². The highest BCUT2D eigenvalue weighted by atomic mass is 79.9. The van der Waals surface area contributed by atoms with E-state index in [1.165, 1.54) is 11.8 Å². The van der Waals surface area contributed by atoms with Crippen LogP contribution in [0.25, 0.3) is 0 Å². The zero-order valence-electron chi connectivity index (χ0n) is 9.54. The normalized spacial score (nSPS) is 17.3. The maximum Gasteiger partial charge on any atom is 0.267 e. The number of benzene rings is 1. The van der Waals surface area contributed by atoms with Gasteiger partial charge in [0.2, 0.25) is 0 Å². The summed E-state index contributed by atoms with van der Waals surface area (Å²) in [5.74, 6) is 0.915. The highest BCUT2D eigenvalue weighted by Gasteiger charge is 2.23. The fourth-order valence-electron chi connectivity index (χ4n) is 2.13. The second kappa shape index (κ2) is 4.57. The molecule has 0 fully saturated rings. The van der Waals surface area contributed by atoms with E-state index in [-0.39, 0.29) is 11.7 Å². The number of fused-ring (bicyclic) bond motifs is 1. The number of hydrogen-bond acceptors (Lipinski definition) is 3. The number of nitrogens with zero attached hydrogens (tertiary/aromatic N) is 2. The predicted molar refractivity (Wildman–Crippen MR) is 70.8 cm³/mol. The molecule has 0 amide bonds. The second-order valence-corrected chi connectivity index (χ2v) is 5.11. The molecule has 1 atom stereocenters. The fourth-order valence-corrected chi connectivity index (χ4v) is 2.48. The molecule has 0 saturated heterocycles. The van der Waals surface area contributed by atoms with Gasteiger partial charge in [0, 0.05) is 12.6 Å². The van der Waals surface area contributed by atoms with Gasteiger partial charge in [0.25, 0.3) is 5.56 Å². The topological polar surface area (TPSA) is 44.1 Å². The van der Waals surface area contributed by atoms with Crippen molar-refractivity contribution < 1.29 is 4.74 Å². The first-order valence-electron chi connectivity index (χ1n) is 5.68. The SMILES string of the molecule is O=c1c(Br)cncn1CC1Cc2ccccc2O1.